The third kappa shape index (κ3) is 5.40. The summed E-state index contributed by atoms with van der Waals surface area (Å²) in [5.41, 5.74) is -1.50. The van der Waals surface area contributed by atoms with Gasteiger partial charge in [-0.25, -0.2) is 4.79 Å². The summed E-state index contributed by atoms with van der Waals surface area (Å²) >= 11 is 0. The molecule has 5 rings (SSSR count). The van der Waals surface area contributed by atoms with Crippen LogP contribution < -0.4 is 10.2 Å². The van der Waals surface area contributed by atoms with Gasteiger partial charge in [0.05, 0.1) is 12.2 Å². The number of aromatic hydroxyl groups is 6. The molecule has 0 radical (unpaired) electrons. The fourth-order valence-electron chi connectivity index (χ4n) is 4.50. The van der Waals surface area contributed by atoms with Gasteiger partial charge in [-0.1, -0.05) is 0 Å². The highest BCUT2D eigenvalue weighted by atomic mass is 16.7. The summed E-state index contributed by atoms with van der Waals surface area (Å²) in [6, 6.07) is 8.73. The van der Waals surface area contributed by atoms with Gasteiger partial charge >= 0.3 is 5.97 Å². The highest BCUT2D eigenvalue weighted by molar-refractivity contribution is 5.91. The van der Waals surface area contributed by atoms with E-state index in [0.29, 0.717) is 0 Å². The average Bonchev–Trinajstić information content (AvgIpc) is 2.96. The van der Waals surface area contributed by atoms with E-state index >= 15 is 0 Å². The van der Waals surface area contributed by atoms with E-state index in [1.807, 2.05) is 0 Å². The van der Waals surface area contributed by atoms with Crippen molar-refractivity contribution in [1.82, 2.24) is 0 Å². The number of phenols is 6. The zero-order valence-corrected chi connectivity index (χ0v) is 21.7. The predicted molar refractivity (Wildman–Crippen MR) is 142 cm³/mol. The van der Waals surface area contributed by atoms with Crippen molar-refractivity contribution in [2.45, 2.75) is 30.7 Å². The van der Waals surface area contributed by atoms with Gasteiger partial charge in [0.25, 0.3) is 0 Å². The number of fused-ring (bicyclic) bond motifs is 1. The van der Waals surface area contributed by atoms with Gasteiger partial charge in [0.1, 0.15) is 46.5 Å². The molecular formula is C28H24O15. The zero-order valence-electron chi connectivity index (χ0n) is 21.7. The van der Waals surface area contributed by atoms with Crippen LogP contribution in [-0.4, -0.2) is 89.2 Å². The SMILES string of the molecule is O=C(OC1C(CO)OC(Oc2c(-c3ccc(O)cc3)oc3cc(O)cc(O)c3c2=O)C(O)C1O)c1cc(O)c(O)c(O)c1. The Bertz CT molecular complexity index is 1720. The summed E-state index contributed by atoms with van der Waals surface area (Å²) in [7, 11) is 0. The zero-order chi connectivity index (χ0) is 31.2. The van der Waals surface area contributed by atoms with Crippen LogP contribution in [0.4, 0.5) is 0 Å². The van der Waals surface area contributed by atoms with Crippen LogP contribution in [0.15, 0.2) is 57.7 Å². The van der Waals surface area contributed by atoms with Gasteiger partial charge in [-0.2, -0.15) is 0 Å². The first-order valence-electron chi connectivity index (χ1n) is 12.5. The van der Waals surface area contributed by atoms with Crippen LogP contribution in [0, 0.1) is 0 Å². The van der Waals surface area contributed by atoms with Crippen LogP contribution in [0.25, 0.3) is 22.3 Å². The van der Waals surface area contributed by atoms with E-state index in [4.69, 9.17) is 18.6 Å². The molecule has 0 amide bonds. The molecule has 0 aliphatic carbocycles. The topological polar surface area (TPSA) is 257 Å². The smallest absolute Gasteiger partial charge is 0.338 e. The highest BCUT2D eigenvalue weighted by Crippen LogP contribution is 2.38. The van der Waals surface area contributed by atoms with E-state index in [1.165, 1.54) is 24.3 Å². The second-order valence-electron chi connectivity index (χ2n) is 9.53. The minimum atomic E-state index is -2.03. The lowest BCUT2D eigenvalue weighted by Gasteiger charge is -2.41. The molecule has 5 atom stereocenters. The molecule has 1 fully saturated rings. The number of hydrogen-bond acceptors (Lipinski definition) is 15. The molecule has 15 nitrogen and oxygen atoms in total. The highest BCUT2D eigenvalue weighted by Gasteiger charge is 2.48. The van der Waals surface area contributed by atoms with Crippen molar-refractivity contribution in [1.29, 1.82) is 0 Å². The second kappa shape index (κ2) is 11.2. The summed E-state index contributed by atoms with van der Waals surface area (Å²) in [5.74, 6) is -5.95. The van der Waals surface area contributed by atoms with Crippen molar-refractivity contribution in [2.24, 2.45) is 0 Å². The van der Waals surface area contributed by atoms with Gasteiger partial charge < -0.3 is 64.6 Å². The molecule has 1 saturated heterocycles. The lowest BCUT2D eigenvalue weighted by molar-refractivity contribution is -0.277. The molecule has 1 aromatic heterocycles. The number of hydrogen-bond donors (Lipinski definition) is 9. The maximum Gasteiger partial charge on any atom is 0.338 e. The Labute approximate surface area is 239 Å². The monoisotopic (exact) mass is 600 g/mol. The van der Waals surface area contributed by atoms with Crippen LogP contribution in [0.2, 0.25) is 0 Å². The summed E-state index contributed by atoms with van der Waals surface area (Å²) in [4.78, 5) is 26.2. The quantitative estimate of drug-likeness (QED) is 0.109. The molecule has 3 aromatic carbocycles. The fourth-order valence-corrected chi connectivity index (χ4v) is 4.50. The first-order chi connectivity index (χ1) is 20.4. The second-order valence-corrected chi connectivity index (χ2v) is 9.53. The Morgan fingerprint density at radius 1 is 0.837 bits per heavy atom. The lowest BCUT2D eigenvalue weighted by atomic mass is 9.98. The van der Waals surface area contributed by atoms with Crippen molar-refractivity contribution in [3.05, 3.63) is 64.3 Å². The Hall–Kier alpha value is -5.22. The molecule has 2 heterocycles. The standard InChI is InChI=1S/C28H24O15/c29-9-18-25(42-27(39)11-5-15(33)20(35)16(34)6-11)22(37)23(38)28(41-18)43-26-21(36)19-14(32)7-13(31)8-17(19)40-24(26)10-1-3-12(30)4-2-10/h1-8,18,22-23,25,28-35,37-38H,9H2. The van der Waals surface area contributed by atoms with Gasteiger partial charge in [0.15, 0.2) is 29.1 Å². The average molecular weight is 600 g/mol. The molecule has 43 heavy (non-hydrogen) atoms. The molecule has 15 heteroatoms. The van der Waals surface area contributed by atoms with E-state index in [2.05, 4.69) is 0 Å². The number of esters is 1. The van der Waals surface area contributed by atoms with E-state index in [9.17, 15) is 55.5 Å². The minimum Gasteiger partial charge on any atom is -0.508 e. The van der Waals surface area contributed by atoms with Crippen LogP contribution in [0.1, 0.15) is 10.4 Å². The largest absolute Gasteiger partial charge is 0.508 e. The number of benzene rings is 3. The number of carbonyl (C=O) groups excluding carboxylic acids is 1. The van der Waals surface area contributed by atoms with Crippen molar-refractivity contribution < 1.29 is 69.4 Å². The predicted octanol–water partition coefficient (Wildman–Crippen LogP) is 0.737. The maximum atomic E-state index is 13.5. The Morgan fingerprint density at radius 3 is 2.12 bits per heavy atom. The molecule has 1 aliphatic heterocycles. The fraction of sp³-hybridized carbons (Fsp3) is 0.214. The maximum absolute atomic E-state index is 13.5. The van der Waals surface area contributed by atoms with E-state index in [1.54, 1.807) is 0 Å². The van der Waals surface area contributed by atoms with Crippen molar-refractivity contribution in [2.75, 3.05) is 6.61 Å². The van der Waals surface area contributed by atoms with Crippen LogP contribution in [0.5, 0.6) is 40.2 Å². The number of carbonyl (C=O) groups is 1. The molecular weight excluding hydrogens is 576 g/mol. The molecule has 9 N–H and O–H groups in total. The van der Waals surface area contributed by atoms with Gasteiger partial charge in [0.2, 0.25) is 17.5 Å². The van der Waals surface area contributed by atoms with Crippen molar-refractivity contribution >= 4 is 16.9 Å². The molecule has 0 bridgehead atoms. The Balaban J connectivity index is 1.49. The molecule has 4 aromatic rings. The summed E-state index contributed by atoms with van der Waals surface area (Å²) in [6.07, 6.45) is -9.20. The van der Waals surface area contributed by atoms with Gasteiger partial charge in [-0.05, 0) is 36.4 Å². The third-order valence-electron chi connectivity index (χ3n) is 6.65. The lowest BCUT2D eigenvalue weighted by Crippen LogP contribution is -2.61. The number of aliphatic hydroxyl groups excluding tert-OH is 3. The van der Waals surface area contributed by atoms with E-state index < -0.39 is 94.2 Å². The van der Waals surface area contributed by atoms with Crippen molar-refractivity contribution in [3.63, 3.8) is 0 Å². The van der Waals surface area contributed by atoms with Gasteiger partial charge in [-0.15, -0.1) is 0 Å². The third-order valence-corrected chi connectivity index (χ3v) is 6.65. The molecule has 1 aliphatic rings. The first-order valence-corrected chi connectivity index (χ1v) is 12.5. The number of aliphatic hydroxyl groups is 3. The summed E-state index contributed by atoms with van der Waals surface area (Å²) in [5, 5.41) is 90.0. The van der Waals surface area contributed by atoms with Crippen molar-refractivity contribution in [3.8, 4) is 51.6 Å². The Morgan fingerprint density at radius 2 is 1.49 bits per heavy atom. The van der Waals surface area contributed by atoms with Gasteiger partial charge in [-0.3, -0.25) is 4.79 Å². The van der Waals surface area contributed by atoms with Crippen LogP contribution in [-0.2, 0) is 9.47 Å². The molecule has 0 spiro atoms. The first kappa shape index (κ1) is 29.3. The van der Waals surface area contributed by atoms with Gasteiger partial charge in [0, 0.05) is 17.7 Å². The van der Waals surface area contributed by atoms with E-state index in [-0.39, 0.29) is 22.7 Å². The number of phenolic OH excluding ortho intramolecular Hbond substituents is 6. The van der Waals surface area contributed by atoms with Crippen LogP contribution >= 0.6 is 0 Å². The minimum absolute atomic E-state index is 0.122. The molecule has 5 unspecified atom stereocenters. The number of ether oxygens (including phenoxy) is 3. The Kier molecular flexibility index (Phi) is 7.64. The number of rotatable bonds is 6. The summed E-state index contributed by atoms with van der Waals surface area (Å²) in [6.45, 7) is -0.898. The van der Waals surface area contributed by atoms with Crippen LogP contribution in [0.3, 0.4) is 0 Å². The summed E-state index contributed by atoms with van der Waals surface area (Å²) < 4.78 is 22.2. The van der Waals surface area contributed by atoms with E-state index in [0.717, 1.165) is 24.3 Å². The molecule has 226 valence electrons. The molecule has 0 saturated carbocycles. The normalized spacial score (nSPS) is 21.9.